The third-order valence-corrected chi connectivity index (χ3v) is 6.67. The summed E-state index contributed by atoms with van der Waals surface area (Å²) < 4.78 is 16.6. The predicted molar refractivity (Wildman–Crippen MR) is 139 cm³/mol. The number of benzene rings is 3. The fraction of sp³-hybridized carbons (Fsp3) is 0.185. The van der Waals surface area contributed by atoms with E-state index in [0.717, 1.165) is 11.1 Å². The monoisotopic (exact) mass is 490 g/mol. The fourth-order valence-corrected chi connectivity index (χ4v) is 5.13. The molecule has 1 atom stereocenters. The van der Waals surface area contributed by atoms with Gasteiger partial charge in [-0.2, -0.15) is 0 Å². The molecular weight excluding hydrogens is 464 g/mol. The minimum atomic E-state index is -0.404. The molecule has 0 spiro atoms. The van der Waals surface area contributed by atoms with Crippen LogP contribution in [-0.2, 0) is 9.59 Å². The van der Waals surface area contributed by atoms with E-state index < -0.39 is 5.37 Å². The number of thioether (sulfide) groups is 1. The highest BCUT2D eigenvalue weighted by Crippen LogP contribution is 2.51. The largest absolute Gasteiger partial charge is 0.493 e. The molecule has 1 heterocycles. The third kappa shape index (κ3) is 5.12. The second-order valence-electron chi connectivity index (χ2n) is 7.75. The molecule has 1 unspecified atom stereocenters. The Balaban J connectivity index is 1.84. The van der Waals surface area contributed by atoms with Crippen LogP contribution < -0.4 is 24.4 Å². The normalized spacial score (nSPS) is 16.3. The maximum Gasteiger partial charge on any atom is 0.266 e. The number of anilines is 2. The summed E-state index contributed by atoms with van der Waals surface area (Å²) in [6.07, 6.45) is 1.88. The number of ether oxygens (including phenoxy) is 3. The number of methoxy groups -OCH3 is 3. The maximum atomic E-state index is 13.7. The van der Waals surface area contributed by atoms with Gasteiger partial charge in [0.15, 0.2) is 11.5 Å². The number of carbonyl (C=O) groups is 2. The number of nitrogens with one attached hydrogen (secondary N) is 1. The van der Waals surface area contributed by atoms with Gasteiger partial charge >= 0.3 is 0 Å². The van der Waals surface area contributed by atoms with Gasteiger partial charge < -0.3 is 19.5 Å². The van der Waals surface area contributed by atoms with Crippen LogP contribution in [0.2, 0.25) is 0 Å². The summed E-state index contributed by atoms with van der Waals surface area (Å²) in [6, 6.07) is 20.6. The Bertz CT molecular complexity index is 1250. The molecule has 0 bridgehead atoms. The Kier molecular flexibility index (Phi) is 7.31. The van der Waals surface area contributed by atoms with E-state index in [-0.39, 0.29) is 11.8 Å². The lowest BCUT2D eigenvalue weighted by molar-refractivity contribution is -0.115. The summed E-state index contributed by atoms with van der Waals surface area (Å²) in [5.41, 5.74) is 3.00. The molecule has 3 aromatic rings. The van der Waals surface area contributed by atoms with Crippen molar-refractivity contribution < 1.29 is 23.8 Å². The van der Waals surface area contributed by atoms with Crippen molar-refractivity contribution >= 4 is 41.0 Å². The van der Waals surface area contributed by atoms with Gasteiger partial charge in [0, 0.05) is 18.3 Å². The predicted octanol–water partition coefficient (Wildman–Crippen LogP) is 5.49. The Labute approximate surface area is 208 Å². The maximum absolute atomic E-state index is 13.7. The summed E-state index contributed by atoms with van der Waals surface area (Å²) in [5, 5.41) is 2.38. The van der Waals surface area contributed by atoms with Crippen molar-refractivity contribution in [1.29, 1.82) is 0 Å². The van der Waals surface area contributed by atoms with Crippen LogP contribution in [0.15, 0.2) is 71.6 Å². The molecule has 2 amide bonds. The molecule has 0 saturated carbocycles. The lowest BCUT2D eigenvalue weighted by Crippen LogP contribution is -2.27. The van der Waals surface area contributed by atoms with Gasteiger partial charge in [-0.1, -0.05) is 48.2 Å². The molecule has 180 valence electrons. The lowest BCUT2D eigenvalue weighted by atomic mass is 10.1. The molecule has 3 aromatic carbocycles. The SMILES string of the molecule is COc1cc(C2SC(=Cc3ccccc3)C(=O)N2c2cccc(NC(C)=O)c2)cc(OC)c1OC. The van der Waals surface area contributed by atoms with Gasteiger partial charge in [-0.3, -0.25) is 14.5 Å². The number of amides is 2. The van der Waals surface area contributed by atoms with Crippen LogP contribution in [0.25, 0.3) is 6.08 Å². The van der Waals surface area contributed by atoms with Crippen molar-refractivity contribution in [3.05, 3.63) is 82.8 Å². The van der Waals surface area contributed by atoms with E-state index in [1.165, 1.54) is 18.7 Å². The zero-order valence-electron chi connectivity index (χ0n) is 19.9. The molecule has 1 N–H and O–H groups in total. The van der Waals surface area contributed by atoms with E-state index in [1.54, 1.807) is 38.4 Å². The second-order valence-corrected chi connectivity index (χ2v) is 8.88. The standard InChI is InChI=1S/C27H26N2O5S/c1-17(30)28-20-11-8-12-21(16-20)29-26(31)24(13-18-9-6-5-7-10-18)35-27(29)19-14-22(32-2)25(34-4)23(15-19)33-3/h5-16,27H,1-4H3,(H,28,30). The smallest absolute Gasteiger partial charge is 0.266 e. The summed E-state index contributed by atoms with van der Waals surface area (Å²) in [6.45, 7) is 1.45. The Morgan fingerprint density at radius 2 is 1.63 bits per heavy atom. The minimum absolute atomic E-state index is 0.141. The highest BCUT2D eigenvalue weighted by atomic mass is 32.2. The first-order valence-electron chi connectivity index (χ1n) is 10.9. The topological polar surface area (TPSA) is 77.1 Å². The Morgan fingerprint density at radius 1 is 0.943 bits per heavy atom. The zero-order chi connectivity index (χ0) is 24.9. The van der Waals surface area contributed by atoms with Crippen LogP contribution in [0, 0.1) is 0 Å². The number of hydrogen-bond acceptors (Lipinski definition) is 6. The minimum Gasteiger partial charge on any atom is -0.493 e. The molecule has 0 aliphatic carbocycles. The van der Waals surface area contributed by atoms with Crippen molar-refractivity contribution in [3.8, 4) is 17.2 Å². The van der Waals surface area contributed by atoms with Crippen molar-refractivity contribution in [2.45, 2.75) is 12.3 Å². The van der Waals surface area contributed by atoms with Gasteiger partial charge in [0.05, 0.1) is 26.2 Å². The number of nitrogens with zero attached hydrogens (tertiary/aromatic N) is 1. The molecule has 35 heavy (non-hydrogen) atoms. The number of carbonyl (C=O) groups excluding carboxylic acids is 2. The second kappa shape index (κ2) is 10.6. The van der Waals surface area contributed by atoms with E-state index in [4.69, 9.17) is 14.2 Å². The highest BCUT2D eigenvalue weighted by molar-refractivity contribution is 8.05. The summed E-state index contributed by atoms with van der Waals surface area (Å²) in [4.78, 5) is 27.6. The van der Waals surface area contributed by atoms with Crippen molar-refractivity contribution in [3.63, 3.8) is 0 Å². The van der Waals surface area contributed by atoms with Gasteiger partial charge in [-0.15, -0.1) is 0 Å². The van der Waals surface area contributed by atoms with E-state index in [9.17, 15) is 9.59 Å². The van der Waals surface area contributed by atoms with Crippen LogP contribution >= 0.6 is 11.8 Å². The summed E-state index contributed by atoms with van der Waals surface area (Å²) in [5.74, 6) is 1.16. The number of hydrogen-bond donors (Lipinski definition) is 1. The Morgan fingerprint density at radius 3 is 2.23 bits per heavy atom. The molecule has 0 aromatic heterocycles. The van der Waals surface area contributed by atoms with Crippen LogP contribution in [0.3, 0.4) is 0 Å². The first kappa shape index (κ1) is 24.2. The molecule has 1 saturated heterocycles. The molecular formula is C27H26N2O5S. The summed E-state index contributed by atoms with van der Waals surface area (Å²) >= 11 is 1.44. The molecule has 1 fully saturated rings. The van der Waals surface area contributed by atoms with Gasteiger partial charge in [0.1, 0.15) is 5.37 Å². The van der Waals surface area contributed by atoms with Gasteiger partial charge in [-0.05, 0) is 47.5 Å². The van der Waals surface area contributed by atoms with Crippen LogP contribution in [-0.4, -0.2) is 33.1 Å². The van der Waals surface area contributed by atoms with Crippen molar-refractivity contribution in [1.82, 2.24) is 0 Å². The molecule has 0 radical (unpaired) electrons. The highest BCUT2D eigenvalue weighted by Gasteiger charge is 2.39. The van der Waals surface area contributed by atoms with Crippen LogP contribution in [0.5, 0.6) is 17.2 Å². The van der Waals surface area contributed by atoms with E-state index >= 15 is 0 Å². The molecule has 1 aliphatic heterocycles. The van der Waals surface area contributed by atoms with E-state index in [0.29, 0.717) is 33.5 Å². The van der Waals surface area contributed by atoms with Gasteiger partial charge in [-0.25, -0.2) is 0 Å². The summed E-state index contributed by atoms with van der Waals surface area (Å²) in [7, 11) is 4.67. The Hall–Kier alpha value is -3.91. The van der Waals surface area contributed by atoms with Gasteiger partial charge in [0.25, 0.3) is 5.91 Å². The van der Waals surface area contributed by atoms with Gasteiger partial charge in [0.2, 0.25) is 11.7 Å². The molecule has 8 heteroatoms. The van der Waals surface area contributed by atoms with Crippen LogP contribution in [0.4, 0.5) is 11.4 Å². The van der Waals surface area contributed by atoms with E-state index in [2.05, 4.69) is 5.32 Å². The fourth-order valence-electron chi connectivity index (χ4n) is 3.90. The zero-order valence-corrected chi connectivity index (χ0v) is 20.7. The van der Waals surface area contributed by atoms with Crippen LogP contribution in [0.1, 0.15) is 23.4 Å². The third-order valence-electron chi connectivity index (χ3n) is 5.42. The van der Waals surface area contributed by atoms with Crippen molar-refractivity contribution in [2.24, 2.45) is 0 Å². The number of rotatable bonds is 7. The average molecular weight is 491 g/mol. The average Bonchev–Trinajstić information content (AvgIpc) is 3.19. The lowest BCUT2D eigenvalue weighted by Gasteiger charge is -2.25. The molecule has 7 nitrogen and oxygen atoms in total. The quantitative estimate of drug-likeness (QED) is 0.441. The first-order valence-corrected chi connectivity index (χ1v) is 11.8. The van der Waals surface area contributed by atoms with Crippen molar-refractivity contribution in [2.75, 3.05) is 31.5 Å². The molecule has 4 rings (SSSR count). The van der Waals surface area contributed by atoms with E-state index in [1.807, 2.05) is 60.7 Å². The molecule has 1 aliphatic rings. The first-order chi connectivity index (χ1) is 16.9.